The molecule has 2 aliphatic rings. The number of Topliss-reactive ketones (excluding diaryl/α,β-unsaturated/α-hetero) is 2. The van der Waals surface area contributed by atoms with Gasteiger partial charge in [0, 0.05) is 35.1 Å². The Morgan fingerprint density at radius 3 is 1.26 bits per heavy atom. The van der Waals surface area contributed by atoms with Crippen LogP contribution in [0.4, 0.5) is 0 Å². The molecule has 0 radical (unpaired) electrons. The maximum absolute atomic E-state index is 13.5. The quantitative estimate of drug-likeness (QED) is 0.0445. The summed E-state index contributed by atoms with van der Waals surface area (Å²) >= 11 is 0. The largest absolute Gasteiger partial charge is 0.481 e. The van der Waals surface area contributed by atoms with E-state index in [0.717, 1.165) is 0 Å². The first-order chi connectivity index (χ1) is 31.1. The molecule has 10 atom stereocenters. The third kappa shape index (κ3) is 12.0. The Morgan fingerprint density at radius 2 is 0.892 bits per heavy atom. The monoisotopic (exact) mass is 904 g/mol. The van der Waals surface area contributed by atoms with Gasteiger partial charge >= 0.3 is 11.9 Å². The van der Waals surface area contributed by atoms with Gasteiger partial charge in [0.25, 0.3) is 0 Å². The van der Waals surface area contributed by atoms with Crippen molar-refractivity contribution in [1.82, 2.24) is 0 Å². The van der Waals surface area contributed by atoms with Gasteiger partial charge in [0.1, 0.15) is 60.3 Å². The van der Waals surface area contributed by atoms with Crippen molar-refractivity contribution in [1.29, 1.82) is 0 Å². The first kappa shape index (κ1) is 48.8. The van der Waals surface area contributed by atoms with Crippen LogP contribution in [0.2, 0.25) is 0 Å². The van der Waals surface area contributed by atoms with Crippen LogP contribution in [0.5, 0.6) is 11.5 Å². The molecular weight excluding hydrogens is 852 g/mol. The molecule has 348 valence electrons. The van der Waals surface area contributed by atoms with Gasteiger partial charge in [-0.15, -0.1) is 0 Å². The molecule has 10 N–H and O–H groups in total. The second kappa shape index (κ2) is 22.0. The second-order valence-electron chi connectivity index (χ2n) is 16.0. The number of ether oxygens (including phenoxy) is 4. The molecule has 0 aromatic heterocycles. The Bertz CT molecular complexity index is 2150. The number of carbonyl (C=O) groups excluding carboxylic acids is 2. The predicted octanol–water partition coefficient (Wildman–Crippen LogP) is 1.65. The summed E-state index contributed by atoms with van der Waals surface area (Å²) < 4.78 is 23.0. The molecule has 65 heavy (non-hydrogen) atoms. The normalized spacial score (nSPS) is 25.4. The minimum absolute atomic E-state index is 0.0976. The molecule has 18 heteroatoms. The zero-order chi connectivity index (χ0) is 46.9. The maximum atomic E-state index is 13.5. The van der Waals surface area contributed by atoms with E-state index in [2.05, 4.69) is 0 Å². The molecule has 2 fully saturated rings. The number of aliphatic hydroxyl groups is 8. The molecule has 4 aromatic carbocycles. The van der Waals surface area contributed by atoms with E-state index in [1.807, 2.05) is 0 Å². The summed E-state index contributed by atoms with van der Waals surface area (Å²) in [5.74, 6) is -2.42. The zero-order valence-corrected chi connectivity index (χ0v) is 35.0. The first-order valence-corrected chi connectivity index (χ1v) is 21.0. The van der Waals surface area contributed by atoms with Crippen LogP contribution >= 0.6 is 0 Å². The van der Waals surface area contributed by atoms with Crippen molar-refractivity contribution >= 4 is 23.5 Å². The number of aliphatic hydroxyl groups excluding tert-OH is 8. The van der Waals surface area contributed by atoms with Gasteiger partial charge in [-0.25, -0.2) is 0 Å². The highest BCUT2D eigenvalue weighted by molar-refractivity contribution is 5.98. The van der Waals surface area contributed by atoms with Crippen LogP contribution in [-0.2, 0) is 31.9 Å². The molecule has 0 unspecified atom stereocenters. The molecule has 18 nitrogen and oxygen atoms in total. The number of ketones is 2. The highest BCUT2D eigenvalue weighted by atomic mass is 16.7. The van der Waals surface area contributed by atoms with Crippen LogP contribution in [0.25, 0.3) is 22.3 Å². The number of rotatable bonds is 20. The minimum atomic E-state index is -1.71. The van der Waals surface area contributed by atoms with E-state index in [0.29, 0.717) is 52.6 Å². The van der Waals surface area contributed by atoms with Gasteiger partial charge in [-0.2, -0.15) is 0 Å². The van der Waals surface area contributed by atoms with E-state index in [1.165, 1.54) is 24.3 Å². The number of carboxylic acids is 2. The van der Waals surface area contributed by atoms with Gasteiger partial charge in [-0.1, -0.05) is 55.0 Å². The average Bonchev–Trinajstić information content (AvgIpc) is 3.29. The van der Waals surface area contributed by atoms with Crippen LogP contribution in [0.3, 0.4) is 0 Å². The summed E-state index contributed by atoms with van der Waals surface area (Å²) in [6.45, 7) is -1.35. The first-order valence-electron chi connectivity index (χ1n) is 21.0. The van der Waals surface area contributed by atoms with Crippen molar-refractivity contribution < 1.29 is 89.2 Å². The summed E-state index contributed by atoms with van der Waals surface area (Å²) in [5, 5.41) is 100. The lowest BCUT2D eigenvalue weighted by Crippen LogP contribution is -2.60. The number of hydrogen-bond acceptors (Lipinski definition) is 16. The molecule has 0 bridgehead atoms. The van der Waals surface area contributed by atoms with Crippen molar-refractivity contribution in [3.63, 3.8) is 0 Å². The molecule has 0 amide bonds. The molecule has 2 saturated heterocycles. The van der Waals surface area contributed by atoms with Crippen molar-refractivity contribution in [2.45, 2.75) is 106 Å². The van der Waals surface area contributed by atoms with Gasteiger partial charge in [0.05, 0.1) is 26.1 Å². The number of carboxylic acid groups (broad SMARTS) is 2. The molecule has 0 spiro atoms. The summed E-state index contributed by atoms with van der Waals surface area (Å²) in [6.07, 6.45) is -14.7. The standard InChI is InChI=1S/C47H52O18/c48-22-36-40(56)42(58)44(60)46(64-36)62-34-14-12-28(20-30(34)26-8-4-6-24(16-26)18-38(52)53)32(50)10-2-1-3-11-33(51)29-13-15-35(63-47-45(61)43(59)41(57)37(23-49)65-47)31(21-29)27-9-5-7-25(17-27)19-39(54)55/h4-9,12-17,20-21,36-37,40-49,56-61H,1-3,10-11,18-19,22-23H2,(H,52,53)(H,54,55)/t36-,37-,40-,41-,42+,43+,44+,45+,46-,47-/m1/s1. The lowest BCUT2D eigenvalue weighted by Gasteiger charge is -2.39. The van der Waals surface area contributed by atoms with E-state index in [9.17, 15) is 70.2 Å². The fraction of sp³-hybridized carbons (Fsp3) is 0.404. The Morgan fingerprint density at radius 1 is 0.492 bits per heavy atom. The van der Waals surface area contributed by atoms with E-state index in [1.54, 1.807) is 60.7 Å². The third-order valence-electron chi connectivity index (χ3n) is 11.3. The predicted molar refractivity (Wildman–Crippen MR) is 227 cm³/mol. The van der Waals surface area contributed by atoms with Crippen LogP contribution in [0.1, 0.15) is 63.9 Å². The molecule has 6 rings (SSSR count). The summed E-state index contributed by atoms with van der Waals surface area (Å²) in [5.41, 5.74) is 3.10. The Kier molecular flexibility index (Phi) is 16.5. The van der Waals surface area contributed by atoms with E-state index in [4.69, 9.17) is 18.9 Å². The maximum Gasteiger partial charge on any atom is 0.307 e. The number of benzene rings is 4. The summed E-state index contributed by atoms with van der Waals surface area (Å²) in [6, 6.07) is 22.1. The summed E-state index contributed by atoms with van der Waals surface area (Å²) in [4.78, 5) is 50.0. The van der Waals surface area contributed by atoms with Crippen LogP contribution in [-0.4, -0.2) is 149 Å². The van der Waals surface area contributed by atoms with E-state index < -0.39 is 86.6 Å². The van der Waals surface area contributed by atoms with E-state index >= 15 is 0 Å². The molecular formula is C47H52O18. The van der Waals surface area contributed by atoms with Gasteiger partial charge < -0.3 is 70.0 Å². The Hall–Kier alpha value is -5.64. The lowest BCUT2D eigenvalue weighted by atomic mass is 9.95. The highest BCUT2D eigenvalue weighted by Crippen LogP contribution is 2.37. The zero-order valence-electron chi connectivity index (χ0n) is 35.0. The van der Waals surface area contributed by atoms with Gasteiger partial charge in [0.15, 0.2) is 11.6 Å². The van der Waals surface area contributed by atoms with Crippen molar-refractivity contribution in [2.75, 3.05) is 13.2 Å². The summed E-state index contributed by atoms with van der Waals surface area (Å²) in [7, 11) is 0. The van der Waals surface area contributed by atoms with Gasteiger partial charge in [0.2, 0.25) is 12.6 Å². The third-order valence-corrected chi connectivity index (χ3v) is 11.3. The number of hydrogen-bond donors (Lipinski definition) is 10. The Labute approximate surface area is 372 Å². The molecule has 0 saturated carbocycles. The van der Waals surface area contributed by atoms with Crippen LogP contribution in [0, 0.1) is 0 Å². The highest BCUT2D eigenvalue weighted by Gasteiger charge is 2.46. The van der Waals surface area contributed by atoms with Crippen molar-refractivity contribution in [3.8, 4) is 33.8 Å². The minimum Gasteiger partial charge on any atom is -0.481 e. The Balaban J connectivity index is 1.14. The SMILES string of the molecule is O=C(O)Cc1cccc(-c2cc(C(=O)CCCCCC(=O)c3ccc(O[C@@H]4O[C@H](CO)[C@@H](O)[C@H](O)[C@@H]4O)c(-c4cccc(CC(=O)O)c4)c3)ccc2O[C@@H]2O[C@H](CO)[C@@H](O)[C@H](O)[C@@H]2O)c1. The van der Waals surface area contributed by atoms with Crippen molar-refractivity contribution in [3.05, 3.63) is 107 Å². The smallest absolute Gasteiger partial charge is 0.307 e. The number of unbranched alkanes of at least 4 members (excludes halogenated alkanes) is 2. The topological polar surface area (TPSA) is 308 Å². The lowest BCUT2D eigenvalue weighted by molar-refractivity contribution is -0.277. The fourth-order valence-electron chi connectivity index (χ4n) is 7.73. The molecule has 4 aromatic rings. The van der Waals surface area contributed by atoms with Crippen molar-refractivity contribution in [2.24, 2.45) is 0 Å². The molecule has 2 aliphatic heterocycles. The average molecular weight is 905 g/mol. The number of carbonyl (C=O) groups is 4. The molecule has 0 aliphatic carbocycles. The van der Waals surface area contributed by atoms with Crippen LogP contribution < -0.4 is 9.47 Å². The molecule has 2 heterocycles. The second-order valence-corrected chi connectivity index (χ2v) is 16.0. The van der Waals surface area contributed by atoms with Gasteiger partial charge in [-0.05, 0) is 71.5 Å². The van der Waals surface area contributed by atoms with E-state index in [-0.39, 0.29) is 59.9 Å². The van der Waals surface area contributed by atoms with Crippen LogP contribution in [0.15, 0.2) is 84.9 Å². The van der Waals surface area contributed by atoms with Gasteiger partial charge in [-0.3, -0.25) is 19.2 Å². The fourth-order valence-corrected chi connectivity index (χ4v) is 7.73. The number of aliphatic carboxylic acids is 2.